The van der Waals surface area contributed by atoms with E-state index in [0.717, 1.165) is 22.5 Å². The third kappa shape index (κ3) is 4.40. The van der Waals surface area contributed by atoms with Crippen LogP contribution in [0.3, 0.4) is 0 Å². The third-order valence-corrected chi connectivity index (χ3v) is 5.15. The van der Waals surface area contributed by atoms with Gasteiger partial charge < -0.3 is 9.73 Å². The van der Waals surface area contributed by atoms with Gasteiger partial charge in [0.05, 0.1) is 5.69 Å². The molecule has 1 N–H and O–H groups in total. The van der Waals surface area contributed by atoms with Gasteiger partial charge in [0.25, 0.3) is 11.8 Å². The predicted molar refractivity (Wildman–Crippen MR) is 118 cm³/mol. The predicted octanol–water partition coefficient (Wildman–Crippen LogP) is 4.59. The average molecular weight is 415 g/mol. The summed E-state index contributed by atoms with van der Waals surface area (Å²) in [6, 6.07) is 17.4. The van der Waals surface area contributed by atoms with E-state index < -0.39 is 0 Å². The van der Waals surface area contributed by atoms with Crippen molar-refractivity contribution in [3.8, 4) is 17.3 Å². The zero-order valence-corrected chi connectivity index (χ0v) is 18.1. The minimum Gasteiger partial charge on any atom is -0.420 e. The monoisotopic (exact) mass is 415 g/mol. The largest absolute Gasteiger partial charge is 0.420 e. The number of aromatic nitrogens is 4. The van der Waals surface area contributed by atoms with Gasteiger partial charge >= 0.3 is 0 Å². The lowest BCUT2D eigenvalue weighted by Crippen LogP contribution is -2.23. The number of hydrogen-bond acceptors (Lipinski definition) is 5. The van der Waals surface area contributed by atoms with Crippen LogP contribution in [0.15, 0.2) is 59.0 Å². The molecule has 2 aromatic heterocycles. The Morgan fingerprint density at radius 1 is 1.06 bits per heavy atom. The summed E-state index contributed by atoms with van der Waals surface area (Å²) in [6.45, 7) is 8.49. The molecular weight excluding hydrogens is 390 g/mol. The molecule has 0 spiro atoms. The maximum absolute atomic E-state index is 12.6. The summed E-state index contributed by atoms with van der Waals surface area (Å²) in [5.74, 6) is 1.02. The van der Waals surface area contributed by atoms with E-state index >= 15 is 0 Å². The van der Waals surface area contributed by atoms with Crippen molar-refractivity contribution in [2.45, 2.75) is 40.2 Å². The van der Waals surface area contributed by atoms with Crippen LogP contribution in [0.25, 0.3) is 17.3 Å². The topological polar surface area (TPSA) is 85.8 Å². The standard InChI is InChI=1S/C24H25N5O2/c1-15(2)22-13-21(24-27-26-17(4)31-24)28-29(22)20-11-9-18(10-12-20)23(30)25-14-19-8-6-5-7-16(19)3/h5-13,15H,14H2,1-4H3,(H,25,30). The zero-order chi connectivity index (χ0) is 22.0. The Bertz CT molecular complexity index is 1200. The van der Waals surface area contributed by atoms with Crippen LogP contribution in [0.2, 0.25) is 0 Å². The molecule has 0 aliphatic carbocycles. The Kier molecular flexibility index (Phi) is 5.66. The molecule has 2 aromatic carbocycles. The molecule has 4 rings (SSSR count). The van der Waals surface area contributed by atoms with Gasteiger partial charge in [0.2, 0.25) is 5.89 Å². The summed E-state index contributed by atoms with van der Waals surface area (Å²) in [4.78, 5) is 12.6. The average Bonchev–Trinajstić information content (AvgIpc) is 3.40. The molecule has 7 nitrogen and oxygen atoms in total. The zero-order valence-electron chi connectivity index (χ0n) is 18.1. The van der Waals surface area contributed by atoms with Crippen LogP contribution in [0.4, 0.5) is 0 Å². The quantitative estimate of drug-likeness (QED) is 0.498. The molecule has 158 valence electrons. The molecule has 0 saturated carbocycles. The van der Waals surface area contributed by atoms with Crippen molar-refractivity contribution in [3.63, 3.8) is 0 Å². The second-order valence-corrected chi connectivity index (χ2v) is 7.80. The minimum absolute atomic E-state index is 0.110. The number of nitrogens with one attached hydrogen (secondary N) is 1. The van der Waals surface area contributed by atoms with Gasteiger partial charge in [0.15, 0.2) is 0 Å². The fourth-order valence-corrected chi connectivity index (χ4v) is 3.36. The van der Waals surface area contributed by atoms with E-state index in [1.807, 2.05) is 66.2 Å². The lowest BCUT2D eigenvalue weighted by atomic mass is 10.1. The van der Waals surface area contributed by atoms with Crippen molar-refractivity contribution in [2.75, 3.05) is 0 Å². The van der Waals surface area contributed by atoms with Gasteiger partial charge in [0.1, 0.15) is 5.69 Å². The Morgan fingerprint density at radius 3 is 2.45 bits per heavy atom. The van der Waals surface area contributed by atoms with Crippen molar-refractivity contribution >= 4 is 5.91 Å². The molecule has 0 bridgehead atoms. The maximum Gasteiger partial charge on any atom is 0.268 e. The highest BCUT2D eigenvalue weighted by Crippen LogP contribution is 2.25. The molecule has 0 unspecified atom stereocenters. The molecule has 0 atom stereocenters. The molecule has 4 aromatic rings. The highest BCUT2D eigenvalue weighted by Gasteiger charge is 2.18. The van der Waals surface area contributed by atoms with Gasteiger partial charge in [-0.05, 0) is 54.3 Å². The second-order valence-electron chi connectivity index (χ2n) is 7.80. The molecule has 0 saturated heterocycles. The van der Waals surface area contributed by atoms with Crippen molar-refractivity contribution in [1.29, 1.82) is 0 Å². The molecular formula is C24H25N5O2. The Balaban J connectivity index is 1.54. The fourth-order valence-electron chi connectivity index (χ4n) is 3.36. The molecule has 0 radical (unpaired) electrons. The highest BCUT2D eigenvalue weighted by molar-refractivity contribution is 5.94. The first-order valence-electron chi connectivity index (χ1n) is 10.3. The van der Waals surface area contributed by atoms with Crippen LogP contribution in [0.1, 0.15) is 52.8 Å². The van der Waals surface area contributed by atoms with E-state index in [2.05, 4.69) is 34.5 Å². The van der Waals surface area contributed by atoms with Gasteiger partial charge in [-0.3, -0.25) is 4.79 Å². The van der Waals surface area contributed by atoms with Crippen LogP contribution in [0, 0.1) is 13.8 Å². The molecule has 0 aliphatic heterocycles. The molecule has 31 heavy (non-hydrogen) atoms. The number of aryl methyl sites for hydroxylation is 2. The van der Waals surface area contributed by atoms with Crippen molar-refractivity contribution in [1.82, 2.24) is 25.3 Å². The molecule has 1 amide bonds. The number of carbonyl (C=O) groups excluding carboxylic acids is 1. The first-order valence-corrected chi connectivity index (χ1v) is 10.3. The van der Waals surface area contributed by atoms with E-state index in [1.54, 1.807) is 6.92 Å². The van der Waals surface area contributed by atoms with Crippen molar-refractivity contribution in [3.05, 3.63) is 82.9 Å². The van der Waals surface area contributed by atoms with Gasteiger partial charge in [-0.25, -0.2) is 4.68 Å². The highest BCUT2D eigenvalue weighted by atomic mass is 16.4. The second kappa shape index (κ2) is 8.55. The number of benzene rings is 2. The SMILES string of the molecule is Cc1nnc(-c2cc(C(C)C)n(-c3ccc(C(=O)NCc4ccccc4C)cc3)n2)o1. The third-order valence-electron chi connectivity index (χ3n) is 5.15. The Morgan fingerprint density at radius 2 is 1.81 bits per heavy atom. The number of rotatable bonds is 6. The lowest BCUT2D eigenvalue weighted by molar-refractivity contribution is 0.0951. The van der Waals surface area contributed by atoms with Crippen molar-refractivity contribution < 1.29 is 9.21 Å². The number of carbonyl (C=O) groups is 1. The summed E-state index contributed by atoms with van der Waals surface area (Å²) >= 11 is 0. The molecule has 0 aliphatic rings. The maximum atomic E-state index is 12.6. The fraction of sp³-hybridized carbons (Fsp3) is 0.250. The normalized spacial score (nSPS) is 11.1. The van der Waals surface area contributed by atoms with E-state index in [1.165, 1.54) is 0 Å². The number of hydrogen-bond donors (Lipinski definition) is 1. The van der Waals surface area contributed by atoms with Crippen LogP contribution < -0.4 is 5.32 Å². The first-order chi connectivity index (χ1) is 14.9. The lowest BCUT2D eigenvalue weighted by Gasteiger charge is -2.11. The van der Waals surface area contributed by atoms with Gasteiger partial charge in [-0.15, -0.1) is 10.2 Å². The van der Waals surface area contributed by atoms with E-state index in [-0.39, 0.29) is 11.8 Å². The van der Waals surface area contributed by atoms with Crippen LogP contribution >= 0.6 is 0 Å². The summed E-state index contributed by atoms with van der Waals surface area (Å²) < 4.78 is 7.38. The summed E-state index contributed by atoms with van der Waals surface area (Å²) in [5.41, 5.74) is 5.37. The van der Waals surface area contributed by atoms with Crippen molar-refractivity contribution in [2.24, 2.45) is 0 Å². The van der Waals surface area contributed by atoms with E-state index in [0.29, 0.717) is 29.6 Å². The molecule has 7 heteroatoms. The first kappa shape index (κ1) is 20.5. The Hall–Kier alpha value is -3.74. The van der Waals surface area contributed by atoms with Crippen LogP contribution in [-0.2, 0) is 6.54 Å². The van der Waals surface area contributed by atoms with Gasteiger partial charge in [0, 0.05) is 24.7 Å². The smallest absolute Gasteiger partial charge is 0.268 e. The molecule has 0 fully saturated rings. The number of nitrogens with zero attached hydrogens (tertiary/aromatic N) is 4. The molecule has 2 heterocycles. The Labute approximate surface area is 181 Å². The minimum atomic E-state index is -0.110. The van der Waals surface area contributed by atoms with Gasteiger partial charge in [-0.2, -0.15) is 5.10 Å². The number of amides is 1. The van der Waals surface area contributed by atoms with Crippen LogP contribution in [0.5, 0.6) is 0 Å². The van der Waals surface area contributed by atoms with Crippen LogP contribution in [-0.4, -0.2) is 25.9 Å². The van der Waals surface area contributed by atoms with E-state index in [9.17, 15) is 4.79 Å². The van der Waals surface area contributed by atoms with E-state index in [4.69, 9.17) is 4.42 Å². The summed E-state index contributed by atoms with van der Waals surface area (Å²) in [6.07, 6.45) is 0. The summed E-state index contributed by atoms with van der Waals surface area (Å²) in [7, 11) is 0. The summed E-state index contributed by atoms with van der Waals surface area (Å²) in [5, 5.41) is 15.6. The van der Waals surface area contributed by atoms with Gasteiger partial charge in [-0.1, -0.05) is 38.1 Å².